The van der Waals surface area contributed by atoms with Crippen LogP contribution >= 0.6 is 11.3 Å². The third-order valence-electron chi connectivity index (χ3n) is 2.55. The molecule has 0 saturated heterocycles. The number of hydrogen-bond donors (Lipinski definition) is 2. The minimum atomic E-state index is -0.584. The minimum absolute atomic E-state index is 0.0784. The summed E-state index contributed by atoms with van der Waals surface area (Å²) in [6.45, 7) is 2.65. The van der Waals surface area contributed by atoms with Crippen LogP contribution in [0.15, 0.2) is 16.8 Å². The van der Waals surface area contributed by atoms with Crippen LogP contribution in [-0.2, 0) is 9.59 Å². The molecule has 6 heteroatoms. The Morgan fingerprint density at radius 3 is 2.50 bits per heavy atom. The predicted molar refractivity (Wildman–Crippen MR) is 72.4 cm³/mol. The number of rotatable bonds is 5. The number of hydrogen-bond acceptors (Lipinski definition) is 4. The molecule has 0 radical (unpaired) electrons. The Kier molecular flexibility index (Phi) is 5.80. The summed E-state index contributed by atoms with van der Waals surface area (Å²) in [5.74, 6) is -1.17. The average Bonchev–Trinajstić information content (AvgIpc) is 2.82. The van der Waals surface area contributed by atoms with Crippen molar-refractivity contribution < 1.29 is 9.59 Å². The normalized spacial score (nSPS) is 12.2. The maximum absolute atomic E-state index is 11.5. The third-order valence-corrected chi connectivity index (χ3v) is 3.25. The quantitative estimate of drug-likeness (QED) is 0.770. The molecule has 0 saturated carbocycles. The topological polar surface area (TPSA) is 61.4 Å². The molecule has 0 spiro atoms. The summed E-state index contributed by atoms with van der Waals surface area (Å²) in [4.78, 5) is 24.8. The first kappa shape index (κ1) is 14.7. The molecule has 2 amide bonds. The molecule has 0 fully saturated rings. The van der Waals surface area contributed by atoms with E-state index in [2.05, 4.69) is 10.6 Å². The van der Waals surface area contributed by atoms with E-state index >= 15 is 0 Å². The second-order valence-corrected chi connectivity index (χ2v) is 4.89. The number of nitrogens with one attached hydrogen (secondary N) is 2. The van der Waals surface area contributed by atoms with Gasteiger partial charge in [0.2, 0.25) is 0 Å². The molecule has 0 aliphatic heterocycles. The molecule has 5 nitrogen and oxygen atoms in total. The van der Waals surface area contributed by atoms with Crippen LogP contribution in [0.1, 0.15) is 18.5 Å². The molecule has 1 rings (SSSR count). The molecule has 18 heavy (non-hydrogen) atoms. The number of nitrogens with zero attached hydrogens (tertiary/aromatic N) is 1. The smallest absolute Gasteiger partial charge is 0.309 e. The molecule has 1 atom stereocenters. The molecule has 1 aromatic rings. The summed E-state index contributed by atoms with van der Waals surface area (Å²) in [5, 5.41) is 9.16. The molecule has 0 unspecified atom stereocenters. The van der Waals surface area contributed by atoms with Gasteiger partial charge in [0.05, 0.1) is 6.04 Å². The highest BCUT2D eigenvalue weighted by atomic mass is 32.1. The first-order valence-electron chi connectivity index (χ1n) is 5.80. The molecule has 0 aliphatic carbocycles. The number of thiophene rings is 1. The lowest BCUT2D eigenvalue weighted by molar-refractivity contribution is -0.139. The fourth-order valence-corrected chi connectivity index (χ4v) is 2.28. The Labute approximate surface area is 111 Å². The molecule has 0 aliphatic rings. The number of carbonyl (C=O) groups excluding carboxylic acids is 2. The Morgan fingerprint density at radius 2 is 2.00 bits per heavy atom. The van der Waals surface area contributed by atoms with Gasteiger partial charge >= 0.3 is 11.8 Å². The number of likely N-dealkylation sites (N-methyl/N-ethyl adjacent to an activating group) is 2. The van der Waals surface area contributed by atoms with Gasteiger partial charge in [-0.1, -0.05) is 0 Å². The van der Waals surface area contributed by atoms with E-state index in [9.17, 15) is 9.59 Å². The van der Waals surface area contributed by atoms with E-state index in [0.29, 0.717) is 13.1 Å². The maximum atomic E-state index is 11.5. The van der Waals surface area contributed by atoms with Gasteiger partial charge < -0.3 is 15.5 Å². The molecule has 0 aromatic carbocycles. The van der Waals surface area contributed by atoms with Crippen molar-refractivity contribution in [3.05, 3.63) is 22.4 Å². The van der Waals surface area contributed by atoms with Gasteiger partial charge in [0.1, 0.15) is 0 Å². The SMILES string of the molecule is CCNC(=O)C(=O)NC[C@H](c1ccsc1)N(C)C. The fraction of sp³-hybridized carbons (Fsp3) is 0.500. The standard InChI is InChI=1S/C12H19N3O2S/c1-4-13-11(16)12(17)14-7-10(15(2)3)9-5-6-18-8-9/h5-6,8,10H,4,7H2,1-3H3,(H,13,16)(H,14,17)/t10-/m1/s1. The summed E-state index contributed by atoms with van der Waals surface area (Å²) < 4.78 is 0. The van der Waals surface area contributed by atoms with Crippen molar-refractivity contribution in [3.63, 3.8) is 0 Å². The lowest BCUT2D eigenvalue weighted by atomic mass is 10.1. The summed E-state index contributed by atoms with van der Waals surface area (Å²) >= 11 is 1.62. The lowest BCUT2D eigenvalue weighted by Crippen LogP contribution is -2.42. The highest BCUT2D eigenvalue weighted by Crippen LogP contribution is 2.19. The number of amides is 2. The van der Waals surface area contributed by atoms with Crippen molar-refractivity contribution in [2.45, 2.75) is 13.0 Å². The van der Waals surface area contributed by atoms with Crippen LogP contribution in [0.2, 0.25) is 0 Å². The van der Waals surface area contributed by atoms with E-state index in [1.165, 1.54) is 0 Å². The van der Waals surface area contributed by atoms with Gasteiger partial charge in [0.15, 0.2) is 0 Å². The van der Waals surface area contributed by atoms with Crippen molar-refractivity contribution in [2.24, 2.45) is 0 Å². The van der Waals surface area contributed by atoms with Crippen LogP contribution in [0.4, 0.5) is 0 Å². The van der Waals surface area contributed by atoms with Crippen molar-refractivity contribution >= 4 is 23.2 Å². The van der Waals surface area contributed by atoms with Gasteiger partial charge in [0.25, 0.3) is 0 Å². The van der Waals surface area contributed by atoms with Crippen molar-refractivity contribution in [2.75, 3.05) is 27.2 Å². The zero-order valence-corrected chi connectivity index (χ0v) is 11.7. The first-order chi connectivity index (χ1) is 8.56. The molecule has 100 valence electrons. The van der Waals surface area contributed by atoms with E-state index in [0.717, 1.165) is 5.56 Å². The minimum Gasteiger partial charge on any atom is -0.348 e. The molecule has 1 heterocycles. The molecule has 0 bridgehead atoms. The van der Waals surface area contributed by atoms with Crippen molar-refractivity contribution in [1.82, 2.24) is 15.5 Å². The van der Waals surface area contributed by atoms with Gasteiger partial charge in [-0.3, -0.25) is 9.59 Å². The van der Waals surface area contributed by atoms with Gasteiger partial charge in [-0.05, 0) is 43.4 Å². The zero-order valence-electron chi connectivity index (χ0n) is 10.9. The van der Waals surface area contributed by atoms with Gasteiger partial charge in [-0.25, -0.2) is 0 Å². The average molecular weight is 269 g/mol. The van der Waals surface area contributed by atoms with E-state index in [1.807, 2.05) is 35.8 Å². The lowest BCUT2D eigenvalue weighted by Gasteiger charge is -2.23. The zero-order chi connectivity index (χ0) is 13.5. The van der Waals surface area contributed by atoms with E-state index in [1.54, 1.807) is 18.3 Å². The largest absolute Gasteiger partial charge is 0.348 e. The Morgan fingerprint density at radius 1 is 1.33 bits per heavy atom. The molecular weight excluding hydrogens is 250 g/mol. The van der Waals surface area contributed by atoms with Gasteiger partial charge in [-0.2, -0.15) is 11.3 Å². The van der Waals surface area contributed by atoms with Crippen molar-refractivity contribution in [1.29, 1.82) is 0 Å². The van der Waals surface area contributed by atoms with E-state index < -0.39 is 11.8 Å². The van der Waals surface area contributed by atoms with Crippen molar-refractivity contribution in [3.8, 4) is 0 Å². The van der Waals surface area contributed by atoms with E-state index in [-0.39, 0.29) is 6.04 Å². The van der Waals surface area contributed by atoms with Crippen LogP contribution in [0.5, 0.6) is 0 Å². The Balaban J connectivity index is 2.54. The third kappa shape index (κ3) is 4.12. The monoisotopic (exact) mass is 269 g/mol. The summed E-state index contributed by atoms with van der Waals surface area (Å²) in [6, 6.07) is 2.10. The van der Waals surface area contributed by atoms with Crippen LogP contribution in [0, 0.1) is 0 Å². The van der Waals surface area contributed by atoms with Crippen LogP contribution in [-0.4, -0.2) is 43.9 Å². The second kappa shape index (κ2) is 7.13. The molecule has 2 N–H and O–H groups in total. The second-order valence-electron chi connectivity index (χ2n) is 4.11. The summed E-state index contributed by atoms with van der Waals surface area (Å²) in [5.41, 5.74) is 1.14. The number of carbonyl (C=O) groups is 2. The predicted octanol–water partition coefficient (Wildman–Crippen LogP) is 0.603. The first-order valence-corrected chi connectivity index (χ1v) is 6.75. The Hall–Kier alpha value is -1.40. The van der Waals surface area contributed by atoms with Gasteiger partial charge in [0, 0.05) is 13.1 Å². The molecular formula is C12H19N3O2S. The fourth-order valence-electron chi connectivity index (χ4n) is 1.57. The van der Waals surface area contributed by atoms with E-state index in [4.69, 9.17) is 0 Å². The van der Waals surface area contributed by atoms with Crippen LogP contribution < -0.4 is 10.6 Å². The van der Waals surface area contributed by atoms with Crippen LogP contribution in [0.3, 0.4) is 0 Å². The molecule has 1 aromatic heterocycles. The highest BCUT2D eigenvalue weighted by molar-refractivity contribution is 7.07. The van der Waals surface area contributed by atoms with Crippen LogP contribution in [0.25, 0.3) is 0 Å². The maximum Gasteiger partial charge on any atom is 0.309 e. The van der Waals surface area contributed by atoms with Gasteiger partial charge in [-0.15, -0.1) is 0 Å². The highest BCUT2D eigenvalue weighted by Gasteiger charge is 2.18. The summed E-state index contributed by atoms with van der Waals surface area (Å²) in [7, 11) is 3.89. The Bertz CT molecular complexity index is 390. The summed E-state index contributed by atoms with van der Waals surface area (Å²) in [6.07, 6.45) is 0.